The molecule has 0 spiro atoms. The van der Waals surface area contributed by atoms with Crippen molar-refractivity contribution in [2.24, 2.45) is 0 Å². The highest BCUT2D eigenvalue weighted by atomic mass is 16.7. The molecule has 0 bridgehead atoms. The summed E-state index contributed by atoms with van der Waals surface area (Å²) in [5.41, 5.74) is 3.63. The van der Waals surface area contributed by atoms with Crippen LogP contribution in [0.3, 0.4) is 0 Å². The Morgan fingerprint density at radius 3 is 2.25 bits per heavy atom. The maximum atomic E-state index is 5.53. The van der Waals surface area contributed by atoms with Gasteiger partial charge in [-0.15, -0.1) is 0 Å². The Bertz CT molecular complexity index is 344. The summed E-state index contributed by atoms with van der Waals surface area (Å²) in [6, 6.07) is 8.62. The van der Waals surface area contributed by atoms with Crippen molar-refractivity contribution in [3.63, 3.8) is 0 Å². The molecule has 2 nitrogen and oxygen atoms in total. The monoisotopic (exact) mass is 218 g/mol. The highest BCUT2D eigenvalue weighted by Gasteiger charge is 2.16. The Morgan fingerprint density at radius 1 is 1.12 bits per heavy atom. The van der Waals surface area contributed by atoms with Crippen LogP contribution >= 0.6 is 0 Å². The van der Waals surface area contributed by atoms with Crippen molar-refractivity contribution >= 4 is 0 Å². The molecule has 1 aliphatic heterocycles. The summed E-state index contributed by atoms with van der Waals surface area (Å²) >= 11 is 0. The van der Waals surface area contributed by atoms with E-state index in [9.17, 15) is 0 Å². The lowest BCUT2D eigenvalue weighted by atomic mass is 10.1. The number of aryl methyl sites for hydroxylation is 1. The van der Waals surface area contributed by atoms with Crippen molar-refractivity contribution in [1.29, 1.82) is 0 Å². The number of ether oxygens (including phenoxy) is 2. The molecule has 1 aromatic rings. The van der Waals surface area contributed by atoms with Crippen molar-refractivity contribution in [2.75, 3.05) is 13.2 Å². The van der Waals surface area contributed by atoms with Gasteiger partial charge in [0.2, 0.25) is 0 Å². The lowest BCUT2D eigenvalue weighted by Gasteiger charge is -2.24. The molecule has 0 radical (unpaired) electrons. The van der Waals surface area contributed by atoms with Crippen molar-refractivity contribution in [1.82, 2.24) is 0 Å². The average molecular weight is 218 g/mol. The van der Waals surface area contributed by atoms with Gasteiger partial charge in [0.1, 0.15) is 0 Å². The largest absolute Gasteiger partial charge is 0.348 e. The third-order valence-corrected chi connectivity index (χ3v) is 2.78. The molecule has 1 aromatic carbocycles. The fourth-order valence-electron chi connectivity index (χ4n) is 1.73. The molecule has 1 fully saturated rings. The van der Waals surface area contributed by atoms with Crippen LogP contribution in [0.15, 0.2) is 36.4 Å². The quantitative estimate of drug-likeness (QED) is 0.726. The van der Waals surface area contributed by atoms with Crippen molar-refractivity contribution in [3.05, 3.63) is 47.5 Å². The van der Waals surface area contributed by atoms with E-state index in [0.29, 0.717) is 13.2 Å². The molecule has 86 valence electrons. The lowest BCUT2D eigenvalue weighted by molar-refractivity contribution is -0.154. The maximum absolute atomic E-state index is 5.53. The van der Waals surface area contributed by atoms with Gasteiger partial charge in [0.15, 0.2) is 6.29 Å². The summed E-state index contributed by atoms with van der Waals surface area (Å²) in [5, 5.41) is 0. The van der Waals surface area contributed by atoms with Crippen LogP contribution in [-0.2, 0) is 22.3 Å². The number of hydrogen-bond acceptors (Lipinski definition) is 2. The molecule has 16 heavy (non-hydrogen) atoms. The van der Waals surface area contributed by atoms with Gasteiger partial charge in [-0.25, -0.2) is 0 Å². The van der Waals surface area contributed by atoms with E-state index in [1.54, 1.807) is 0 Å². The summed E-state index contributed by atoms with van der Waals surface area (Å²) in [4.78, 5) is 0. The summed E-state index contributed by atoms with van der Waals surface area (Å²) in [5.74, 6) is 0. The second kappa shape index (κ2) is 5.28. The predicted octanol–water partition coefficient (Wildman–Crippen LogP) is 2.72. The topological polar surface area (TPSA) is 18.5 Å². The molecule has 0 aromatic heterocycles. The molecule has 0 unspecified atom stereocenters. The Balaban J connectivity index is 1.90. The highest BCUT2D eigenvalue weighted by Crippen LogP contribution is 2.14. The van der Waals surface area contributed by atoms with Crippen LogP contribution in [0.5, 0.6) is 0 Å². The zero-order chi connectivity index (χ0) is 11.4. The third-order valence-electron chi connectivity index (χ3n) is 2.78. The van der Waals surface area contributed by atoms with E-state index < -0.39 is 0 Å². The Kier molecular flexibility index (Phi) is 3.75. The first-order valence-corrected chi connectivity index (χ1v) is 5.75. The first-order chi connectivity index (χ1) is 7.78. The van der Waals surface area contributed by atoms with Crippen LogP contribution < -0.4 is 0 Å². The average Bonchev–Trinajstić information content (AvgIpc) is 2.33. The van der Waals surface area contributed by atoms with Crippen LogP contribution in [0, 0.1) is 0 Å². The number of rotatable bonds is 3. The molecule has 0 aliphatic carbocycles. The van der Waals surface area contributed by atoms with Crippen LogP contribution in [0.4, 0.5) is 0 Å². The first kappa shape index (κ1) is 11.4. The van der Waals surface area contributed by atoms with Gasteiger partial charge < -0.3 is 9.47 Å². The molecule has 2 heteroatoms. The molecule has 1 heterocycles. The fraction of sp³-hybridized carbons (Fsp3) is 0.429. The standard InChI is InChI=1S/C14H18O2/c1-3-12-4-6-13(7-5-12)8-14-15-9-11(2)10-16-14/h4-7,14H,2-3,8-10H2,1H3. The Hall–Kier alpha value is -1.12. The van der Waals surface area contributed by atoms with Gasteiger partial charge in [-0.2, -0.15) is 0 Å². The molecule has 0 amide bonds. The van der Waals surface area contributed by atoms with E-state index >= 15 is 0 Å². The zero-order valence-corrected chi connectivity index (χ0v) is 9.74. The molecule has 1 saturated heterocycles. The van der Waals surface area contributed by atoms with Gasteiger partial charge in [0.05, 0.1) is 13.2 Å². The van der Waals surface area contributed by atoms with Gasteiger partial charge >= 0.3 is 0 Å². The minimum absolute atomic E-state index is 0.113. The van der Waals surface area contributed by atoms with Crippen molar-refractivity contribution in [2.45, 2.75) is 26.1 Å². The second-order valence-electron chi connectivity index (χ2n) is 4.18. The number of benzene rings is 1. The number of hydrogen-bond donors (Lipinski definition) is 0. The van der Waals surface area contributed by atoms with E-state index in [1.165, 1.54) is 11.1 Å². The molecule has 0 saturated carbocycles. The summed E-state index contributed by atoms with van der Waals surface area (Å²) in [6.45, 7) is 7.23. The molecule has 0 atom stereocenters. The minimum atomic E-state index is -0.113. The van der Waals surface area contributed by atoms with E-state index in [0.717, 1.165) is 18.4 Å². The molecule has 1 aliphatic rings. The minimum Gasteiger partial charge on any atom is -0.348 e. The maximum Gasteiger partial charge on any atom is 0.162 e. The van der Waals surface area contributed by atoms with E-state index in [1.807, 2.05) is 0 Å². The van der Waals surface area contributed by atoms with Crippen LogP contribution in [0.1, 0.15) is 18.1 Å². The predicted molar refractivity (Wildman–Crippen MR) is 64.4 cm³/mol. The normalized spacial score (nSPS) is 17.7. The molecular weight excluding hydrogens is 200 g/mol. The molecule has 0 N–H and O–H groups in total. The van der Waals surface area contributed by atoms with Crippen molar-refractivity contribution < 1.29 is 9.47 Å². The summed E-state index contributed by atoms with van der Waals surface area (Å²) in [6.07, 6.45) is 1.78. The van der Waals surface area contributed by atoms with E-state index in [-0.39, 0.29) is 6.29 Å². The SMILES string of the molecule is C=C1COC(Cc2ccc(CC)cc2)OC1. The van der Waals surface area contributed by atoms with E-state index in [4.69, 9.17) is 9.47 Å². The van der Waals surface area contributed by atoms with Crippen molar-refractivity contribution in [3.8, 4) is 0 Å². The van der Waals surface area contributed by atoms with Gasteiger partial charge in [-0.1, -0.05) is 37.8 Å². The molecular formula is C14H18O2. The van der Waals surface area contributed by atoms with Crippen LogP contribution in [0.25, 0.3) is 0 Å². The summed E-state index contributed by atoms with van der Waals surface area (Å²) < 4.78 is 11.1. The van der Waals surface area contributed by atoms with Gasteiger partial charge in [-0.05, 0) is 23.1 Å². The van der Waals surface area contributed by atoms with Gasteiger partial charge in [-0.3, -0.25) is 0 Å². The smallest absolute Gasteiger partial charge is 0.162 e. The molecule has 2 rings (SSSR count). The van der Waals surface area contributed by atoms with Gasteiger partial charge in [0.25, 0.3) is 0 Å². The van der Waals surface area contributed by atoms with Crippen LogP contribution in [0.2, 0.25) is 0 Å². The zero-order valence-electron chi connectivity index (χ0n) is 9.74. The van der Waals surface area contributed by atoms with Crippen LogP contribution in [-0.4, -0.2) is 19.5 Å². The highest BCUT2D eigenvalue weighted by molar-refractivity contribution is 5.22. The van der Waals surface area contributed by atoms with E-state index in [2.05, 4.69) is 37.8 Å². The fourth-order valence-corrected chi connectivity index (χ4v) is 1.73. The first-order valence-electron chi connectivity index (χ1n) is 5.75. The second-order valence-corrected chi connectivity index (χ2v) is 4.18. The Labute approximate surface area is 96.9 Å². The van der Waals surface area contributed by atoms with Gasteiger partial charge in [0, 0.05) is 6.42 Å². The third kappa shape index (κ3) is 2.94. The lowest BCUT2D eigenvalue weighted by Crippen LogP contribution is -2.28. The summed E-state index contributed by atoms with van der Waals surface area (Å²) in [7, 11) is 0. The Morgan fingerprint density at radius 2 is 1.69 bits per heavy atom.